The van der Waals surface area contributed by atoms with E-state index in [0.717, 1.165) is 5.56 Å². The molecule has 104 valence electrons. The monoisotopic (exact) mass is 267 g/mol. The van der Waals surface area contributed by atoms with Gasteiger partial charge in [-0.25, -0.2) is 0 Å². The minimum absolute atomic E-state index is 0.144. The fraction of sp³-hybridized carbons (Fsp3) is 0.385. The number of aromatic hydroxyl groups is 1. The minimum Gasteiger partial charge on any atom is -0.508 e. The number of carbonyl (C=O) groups excluding carboxylic acids is 1. The number of nitrogens with one attached hydrogen (secondary N) is 1. The summed E-state index contributed by atoms with van der Waals surface area (Å²) < 4.78 is 4.95. The van der Waals surface area contributed by atoms with Crippen molar-refractivity contribution in [2.75, 3.05) is 13.7 Å². The number of amides is 1. The van der Waals surface area contributed by atoms with Crippen molar-refractivity contribution in [2.45, 2.75) is 18.9 Å². The van der Waals surface area contributed by atoms with E-state index in [-0.39, 0.29) is 31.0 Å². The summed E-state index contributed by atoms with van der Waals surface area (Å²) in [6.45, 7) is 0.152. The maximum Gasteiger partial charge on any atom is 0.306 e. The predicted octanol–water partition coefficient (Wildman–Crippen LogP) is 0.541. The maximum absolute atomic E-state index is 11.6. The summed E-state index contributed by atoms with van der Waals surface area (Å²) in [6.07, 6.45) is -0.527. The molecule has 0 radical (unpaired) electrons. The van der Waals surface area contributed by atoms with Crippen LogP contribution in [0, 0.1) is 0 Å². The van der Waals surface area contributed by atoms with Gasteiger partial charge in [0.2, 0.25) is 5.91 Å². The lowest BCUT2D eigenvalue weighted by Gasteiger charge is -2.13. The zero-order chi connectivity index (χ0) is 14.3. The molecule has 0 saturated heterocycles. The van der Waals surface area contributed by atoms with E-state index in [1.807, 2.05) is 0 Å². The molecular weight excluding hydrogens is 250 g/mol. The fourth-order valence-electron chi connectivity index (χ4n) is 1.52. The quantitative estimate of drug-likeness (QED) is 0.670. The van der Waals surface area contributed by atoms with Crippen molar-refractivity contribution in [3.8, 4) is 5.75 Å². The lowest BCUT2D eigenvalue weighted by atomic mass is 10.1. The van der Waals surface area contributed by atoms with E-state index in [1.165, 1.54) is 19.2 Å². The Morgan fingerprint density at radius 1 is 1.32 bits per heavy atom. The first kappa shape index (κ1) is 15.0. The van der Waals surface area contributed by atoms with Gasteiger partial charge in [-0.1, -0.05) is 12.1 Å². The number of hydrogen-bond donors (Lipinski definition) is 3. The molecule has 0 aliphatic carbocycles. The highest BCUT2D eigenvalue weighted by Crippen LogP contribution is 2.09. The molecule has 6 nitrogen and oxygen atoms in total. The highest BCUT2D eigenvalue weighted by atomic mass is 16.5. The van der Waals surface area contributed by atoms with Crippen molar-refractivity contribution in [3.05, 3.63) is 29.8 Å². The van der Waals surface area contributed by atoms with E-state index in [2.05, 4.69) is 5.32 Å². The zero-order valence-electron chi connectivity index (χ0n) is 10.6. The smallest absolute Gasteiger partial charge is 0.306 e. The van der Waals surface area contributed by atoms with Crippen molar-refractivity contribution >= 4 is 11.9 Å². The van der Waals surface area contributed by atoms with Crippen molar-refractivity contribution in [2.24, 2.45) is 0 Å². The van der Waals surface area contributed by atoms with Gasteiger partial charge in [-0.3, -0.25) is 9.59 Å². The molecule has 1 aromatic carbocycles. The van der Waals surface area contributed by atoms with E-state index in [9.17, 15) is 9.59 Å². The Hall–Kier alpha value is -2.08. The average Bonchev–Trinajstić information content (AvgIpc) is 2.37. The summed E-state index contributed by atoms with van der Waals surface area (Å²) in [5.74, 6) is -1.05. The largest absolute Gasteiger partial charge is 0.508 e. The molecule has 0 aliphatic rings. The number of hydrogen-bond acceptors (Lipinski definition) is 4. The van der Waals surface area contributed by atoms with Crippen LogP contribution in [0.5, 0.6) is 5.75 Å². The van der Waals surface area contributed by atoms with Crippen LogP contribution in [-0.4, -0.2) is 41.8 Å². The van der Waals surface area contributed by atoms with Crippen LogP contribution in [0.3, 0.4) is 0 Å². The van der Waals surface area contributed by atoms with E-state index in [1.54, 1.807) is 12.1 Å². The number of aliphatic carboxylic acids is 1. The highest BCUT2D eigenvalue weighted by Gasteiger charge is 2.13. The van der Waals surface area contributed by atoms with E-state index < -0.39 is 12.1 Å². The molecule has 19 heavy (non-hydrogen) atoms. The molecule has 6 heteroatoms. The molecule has 0 saturated carbocycles. The van der Waals surface area contributed by atoms with Crippen LogP contribution in [-0.2, 0) is 20.7 Å². The summed E-state index contributed by atoms with van der Waals surface area (Å²) in [5.41, 5.74) is 0.766. The maximum atomic E-state index is 11.6. The average molecular weight is 267 g/mol. The second kappa shape index (κ2) is 7.38. The number of carboxylic acids is 1. The number of ether oxygens (including phenoxy) is 1. The van der Waals surface area contributed by atoms with Gasteiger partial charge < -0.3 is 20.3 Å². The Kier molecular flexibility index (Phi) is 5.81. The third kappa shape index (κ3) is 5.87. The zero-order valence-corrected chi connectivity index (χ0v) is 10.6. The number of phenols is 1. The Balaban J connectivity index is 2.38. The third-order valence-electron chi connectivity index (χ3n) is 2.56. The van der Waals surface area contributed by atoms with Crippen molar-refractivity contribution in [3.63, 3.8) is 0 Å². The lowest BCUT2D eigenvalue weighted by Crippen LogP contribution is -2.35. The van der Waals surface area contributed by atoms with Crippen molar-refractivity contribution < 1.29 is 24.5 Å². The first-order valence-electron chi connectivity index (χ1n) is 5.80. The summed E-state index contributed by atoms with van der Waals surface area (Å²) >= 11 is 0. The number of phenolic OH excluding ortho intramolecular Hbond substituents is 1. The molecule has 1 unspecified atom stereocenters. The Labute approximate surface area is 111 Å². The second-order valence-electron chi connectivity index (χ2n) is 4.10. The Morgan fingerprint density at radius 2 is 1.95 bits per heavy atom. The van der Waals surface area contributed by atoms with E-state index in [4.69, 9.17) is 14.9 Å². The highest BCUT2D eigenvalue weighted by molar-refractivity contribution is 5.78. The number of benzene rings is 1. The van der Waals surface area contributed by atoms with E-state index in [0.29, 0.717) is 0 Å². The van der Waals surface area contributed by atoms with Gasteiger partial charge in [0, 0.05) is 13.7 Å². The summed E-state index contributed by atoms with van der Waals surface area (Å²) in [6, 6.07) is 6.32. The predicted molar refractivity (Wildman–Crippen MR) is 67.9 cm³/mol. The van der Waals surface area contributed by atoms with Crippen LogP contribution >= 0.6 is 0 Å². The third-order valence-corrected chi connectivity index (χ3v) is 2.56. The number of carboxylic acid groups (broad SMARTS) is 1. The van der Waals surface area contributed by atoms with Gasteiger partial charge in [-0.2, -0.15) is 0 Å². The van der Waals surface area contributed by atoms with Crippen LogP contribution in [0.1, 0.15) is 12.0 Å². The topological polar surface area (TPSA) is 95.9 Å². The summed E-state index contributed by atoms with van der Waals surface area (Å²) in [4.78, 5) is 22.1. The van der Waals surface area contributed by atoms with Gasteiger partial charge in [0.15, 0.2) is 0 Å². The first-order valence-corrected chi connectivity index (χ1v) is 5.80. The minimum atomic E-state index is -0.973. The van der Waals surface area contributed by atoms with E-state index >= 15 is 0 Å². The van der Waals surface area contributed by atoms with Gasteiger partial charge >= 0.3 is 5.97 Å². The number of methoxy groups -OCH3 is 1. The van der Waals surface area contributed by atoms with Crippen LogP contribution in [0.2, 0.25) is 0 Å². The SMILES string of the molecule is COC(CNC(=O)Cc1ccc(O)cc1)CC(=O)O. The normalized spacial score (nSPS) is 11.8. The molecule has 1 amide bonds. The number of rotatable bonds is 7. The van der Waals surface area contributed by atoms with Gasteiger partial charge in [0.25, 0.3) is 0 Å². The van der Waals surface area contributed by atoms with Crippen LogP contribution in [0.25, 0.3) is 0 Å². The fourth-order valence-corrected chi connectivity index (χ4v) is 1.52. The lowest BCUT2D eigenvalue weighted by molar-refractivity contribution is -0.140. The molecule has 0 spiro atoms. The molecule has 0 aliphatic heterocycles. The van der Waals surface area contributed by atoms with Crippen molar-refractivity contribution in [1.29, 1.82) is 0 Å². The van der Waals surface area contributed by atoms with Crippen LogP contribution in [0.4, 0.5) is 0 Å². The summed E-state index contributed by atoms with van der Waals surface area (Å²) in [5, 5.41) is 20.3. The first-order chi connectivity index (χ1) is 9.01. The Bertz CT molecular complexity index is 429. The molecule has 1 rings (SSSR count). The van der Waals surface area contributed by atoms with Gasteiger partial charge in [-0.05, 0) is 17.7 Å². The van der Waals surface area contributed by atoms with Crippen LogP contribution < -0.4 is 5.32 Å². The van der Waals surface area contributed by atoms with Crippen LogP contribution in [0.15, 0.2) is 24.3 Å². The van der Waals surface area contributed by atoms with Gasteiger partial charge in [0.1, 0.15) is 5.75 Å². The second-order valence-corrected chi connectivity index (χ2v) is 4.10. The molecule has 0 aromatic heterocycles. The molecular formula is C13H17NO5. The molecule has 3 N–H and O–H groups in total. The Morgan fingerprint density at radius 3 is 2.47 bits per heavy atom. The molecule has 1 aromatic rings. The standard InChI is InChI=1S/C13H17NO5/c1-19-11(7-13(17)18)8-14-12(16)6-9-2-4-10(15)5-3-9/h2-5,11,15H,6-8H2,1H3,(H,14,16)(H,17,18). The van der Waals surface area contributed by atoms with Gasteiger partial charge in [-0.15, -0.1) is 0 Å². The van der Waals surface area contributed by atoms with Crippen molar-refractivity contribution in [1.82, 2.24) is 5.32 Å². The molecule has 0 heterocycles. The number of carbonyl (C=O) groups is 2. The summed E-state index contributed by atoms with van der Waals surface area (Å²) in [7, 11) is 1.40. The van der Waals surface area contributed by atoms with Gasteiger partial charge in [0.05, 0.1) is 18.9 Å². The molecule has 1 atom stereocenters. The molecule has 0 fully saturated rings. The molecule has 0 bridgehead atoms.